The molecule has 0 saturated heterocycles. The maximum Gasteiger partial charge on any atom is 0.344 e. The molecular formula is C17H14Cl2O7. The van der Waals surface area contributed by atoms with Gasteiger partial charge in [-0.15, -0.1) is 0 Å². The SMILES string of the molecule is O=C(Oc1cc(O)c2c(c1)OC(c1ccc(O)c(O)c1)C(O)C2)C(Cl)Cl. The van der Waals surface area contributed by atoms with Gasteiger partial charge < -0.3 is 29.9 Å². The molecule has 0 amide bonds. The molecule has 4 N–H and O–H groups in total. The first kappa shape index (κ1) is 18.4. The molecule has 138 valence electrons. The van der Waals surface area contributed by atoms with Crippen LogP contribution in [0.15, 0.2) is 30.3 Å². The highest BCUT2D eigenvalue weighted by Crippen LogP contribution is 2.43. The van der Waals surface area contributed by atoms with Gasteiger partial charge in [-0.1, -0.05) is 29.3 Å². The summed E-state index contributed by atoms with van der Waals surface area (Å²) in [6.07, 6.45) is -1.82. The topological polar surface area (TPSA) is 116 Å². The monoisotopic (exact) mass is 400 g/mol. The Morgan fingerprint density at radius 3 is 2.50 bits per heavy atom. The van der Waals surface area contributed by atoms with Crippen LogP contribution in [0.25, 0.3) is 0 Å². The number of aromatic hydroxyl groups is 3. The number of phenols is 3. The number of esters is 1. The molecule has 0 fully saturated rings. The van der Waals surface area contributed by atoms with Crippen LogP contribution in [0.5, 0.6) is 28.7 Å². The van der Waals surface area contributed by atoms with Crippen molar-refractivity contribution in [2.75, 3.05) is 0 Å². The number of hydrogen-bond donors (Lipinski definition) is 4. The third-order valence-electron chi connectivity index (χ3n) is 3.90. The fourth-order valence-corrected chi connectivity index (χ4v) is 2.76. The third kappa shape index (κ3) is 3.60. The van der Waals surface area contributed by atoms with Crippen molar-refractivity contribution in [1.82, 2.24) is 0 Å². The van der Waals surface area contributed by atoms with Gasteiger partial charge in [-0.3, -0.25) is 0 Å². The van der Waals surface area contributed by atoms with E-state index in [-0.39, 0.29) is 35.2 Å². The highest BCUT2D eigenvalue weighted by atomic mass is 35.5. The molecule has 0 bridgehead atoms. The first-order valence-electron chi connectivity index (χ1n) is 7.48. The fourth-order valence-electron chi connectivity index (χ4n) is 2.68. The minimum atomic E-state index is -1.39. The Hall–Kier alpha value is -2.35. The highest BCUT2D eigenvalue weighted by Gasteiger charge is 2.33. The molecule has 1 heterocycles. The molecule has 0 radical (unpaired) electrons. The van der Waals surface area contributed by atoms with Crippen LogP contribution in [0.3, 0.4) is 0 Å². The van der Waals surface area contributed by atoms with Crippen molar-refractivity contribution in [1.29, 1.82) is 0 Å². The van der Waals surface area contributed by atoms with E-state index < -0.39 is 23.0 Å². The average Bonchev–Trinajstić information content (AvgIpc) is 2.57. The van der Waals surface area contributed by atoms with E-state index in [1.54, 1.807) is 0 Å². The van der Waals surface area contributed by atoms with Crippen molar-refractivity contribution < 1.29 is 34.7 Å². The zero-order valence-electron chi connectivity index (χ0n) is 13.1. The molecule has 9 heteroatoms. The first-order chi connectivity index (χ1) is 12.3. The number of fused-ring (bicyclic) bond motifs is 1. The third-order valence-corrected chi connectivity index (χ3v) is 4.26. The smallest absolute Gasteiger partial charge is 0.344 e. The Kier molecular flexibility index (Phi) is 5.04. The van der Waals surface area contributed by atoms with E-state index in [0.717, 1.165) is 0 Å². The summed E-state index contributed by atoms with van der Waals surface area (Å²) in [6, 6.07) is 6.58. The predicted octanol–water partition coefficient (Wildman–Crippen LogP) is 2.55. The van der Waals surface area contributed by atoms with Gasteiger partial charge in [-0.05, 0) is 17.7 Å². The second-order valence-corrected chi connectivity index (χ2v) is 6.80. The summed E-state index contributed by atoms with van der Waals surface area (Å²) in [5.74, 6) is -1.63. The fraction of sp³-hybridized carbons (Fsp3) is 0.235. The van der Waals surface area contributed by atoms with Crippen molar-refractivity contribution in [3.63, 3.8) is 0 Å². The Morgan fingerprint density at radius 2 is 1.85 bits per heavy atom. The summed E-state index contributed by atoms with van der Waals surface area (Å²) in [5, 5.41) is 39.5. The number of aliphatic hydroxyl groups is 1. The van der Waals surface area contributed by atoms with Crippen LogP contribution < -0.4 is 9.47 Å². The van der Waals surface area contributed by atoms with Gasteiger partial charge >= 0.3 is 5.97 Å². The van der Waals surface area contributed by atoms with Crippen molar-refractivity contribution in [3.8, 4) is 28.7 Å². The first-order valence-corrected chi connectivity index (χ1v) is 8.36. The number of hydrogen-bond acceptors (Lipinski definition) is 7. The largest absolute Gasteiger partial charge is 0.507 e. The molecule has 2 unspecified atom stereocenters. The van der Waals surface area contributed by atoms with Gasteiger partial charge in [0.05, 0.1) is 6.10 Å². The minimum Gasteiger partial charge on any atom is -0.507 e. The van der Waals surface area contributed by atoms with Crippen molar-refractivity contribution >= 4 is 29.2 Å². The number of rotatable bonds is 3. The number of benzene rings is 2. The number of halogens is 2. The molecular weight excluding hydrogens is 387 g/mol. The second kappa shape index (κ2) is 7.11. The predicted molar refractivity (Wildman–Crippen MR) is 92.1 cm³/mol. The van der Waals surface area contributed by atoms with E-state index in [4.69, 9.17) is 32.7 Å². The van der Waals surface area contributed by atoms with Gasteiger partial charge in [-0.25, -0.2) is 4.79 Å². The summed E-state index contributed by atoms with van der Waals surface area (Å²) in [7, 11) is 0. The van der Waals surface area contributed by atoms with Gasteiger partial charge in [0.25, 0.3) is 0 Å². The summed E-state index contributed by atoms with van der Waals surface area (Å²) >= 11 is 10.9. The Bertz CT molecular complexity index is 853. The summed E-state index contributed by atoms with van der Waals surface area (Å²) in [5.41, 5.74) is 0.756. The molecule has 1 aliphatic rings. The summed E-state index contributed by atoms with van der Waals surface area (Å²) in [4.78, 5) is 10.1. The molecule has 26 heavy (non-hydrogen) atoms. The van der Waals surface area contributed by atoms with Gasteiger partial charge in [0.2, 0.25) is 4.84 Å². The molecule has 2 aromatic carbocycles. The van der Waals surface area contributed by atoms with E-state index >= 15 is 0 Å². The molecule has 1 aliphatic heterocycles. The molecule has 3 rings (SSSR count). The van der Waals surface area contributed by atoms with Gasteiger partial charge in [0.15, 0.2) is 11.5 Å². The van der Waals surface area contributed by atoms with Crippen LogP contribution in [-0.4, -0.2) is 37.3 Å². The molecule has 0 aliphatic carbocycles. The van der Waals surface area contributed by atoms with Crippen molar-refractivity contribution in [2.45, 2.75) is 23.5 Å². The van der Waals surface area contributed by atoms with E-state index in [2.05, 4.69) is 0 Å². The number of aliphatic hydroxyl groups excluding tert-OH is 1. The molecule has 0 spiro atoms. The number of ether oxygens (including phenoxy) is 2. The van der Waals surface area contributed by atoms with Crippen LogP contribution in [0.1, 0.15) is 17.2 Å². The maximum atomic E-state index is 11.5. The zero-order valence-corrected chi connectivity index (χ0v) is 14.6. The lowest BCUT2D eigenvalue weighted by molar-refractivity contribution is -0.132. The average molecular weight is 401 g/mol. The molecule has 2 aromatic rings. The normalized spacial score (nSPS) is 18.9. The van der Waals surface area contributed by atoms with E-state index in [1.807, 2.05) is 0 Å². The Morgan fingerprint density at radius 1 is 1.12 bits per heavy atom. The number of carbonyl (C=O) groups is 1. The molecule has 2 atom stereocenters. The van der Waals surface area contributed by atoms with E-state index in [1.165, 1.54) is 30.3 Å². The quantitative estimate of drug-likeness (QED) is 0.270. The number of carbonyl (C=O) groups excluding carboxylic acids is 1. The van der Waals surface area contributed by atoms with E-state index in [9.17, 15) is 25.2 Å². The standard InChI is InChI=1S/C17H14Cl2O7/c18-16(19)17(24)25-8-4-11(21)9-6-13(23)15(26-14(9)5-8)7-1-2-10(20)12(22)3-7/h1-5,13,15-16,20-23H,6H2. The second-order valence-electron chi connectivity index (χ2n) is 5.70. The van der Waals surface area contributed by atoms with Crippen molar-refractivity contribution in [2.24, 2.45) is 0 Å². The molecule has 0 aromatic heterocycles. The lowest BCUT2D eigenvalue weighted by Gasteiger charge is -2.31. The number of phenolic OH excluding ortho intramolecular Hbond substituents is 3. The van der Waals surface area contributed by atoms with Crippen LogP contribution in [-0.2, 0) is 11.2 Å². The minimum absolute atomic E-state index is 0.0266. The lowest BCUT2D eigenvalue weighted by Crippen LogP contribution is -2.30. The van der Waals surface area contributed by atoms with Crippen LogP contribution in [0.2, 0.25) is 0 Å². The molecule has 0 saturated carbocycles. The van der Waals surface area contributed by atoms with Gasteiger partial charge in [0.1, 0.15) is 23.4 Å². The Labute approximate surface area is 157 Å². The molecule has 7 nitrogen and oxygen atoms in total. The van der Waals surface area contributed by atoms with Gasteiger partial charge in [-0.2, -0.15) is 0 Å². The van der Waals surface area contributed by atoms with Gasteiger partial charge in [0, 0.05) is 24.1 Å². The maximum absolute atomic E-state index is 11.5. The van der Waals surface area contributed by atoms with Crippen LogP contribution in [0, 0.1) is 0 Å². The van der Waals surface area contributed by atoms with Crippen LogP contribution >= 0.6 is 23.2 Å². The Balaban J connectivity index is 1.92. The van der Waals surface area contributed by atoms with Crippen molar-refractivity contribution in [3.05, 3.63) is 41.5 Å². The number of alkyl halides is 2. The van der Waals surface area contributed by atoms with Crippen LogP contribution in [0.4, 0.5) is 0 Å². The zero-order chi connectivity index (χ0) is 19.0. The summed E-state index contributed by atoms with van der Waals surface area (Å²) < 4.78 is 10.7. The van der Waals surface area contributed by atoms with E-state index in [0.29, 0.717) is 11.1 Å². The summed E-state index contributed by atoms with van der Waals surface area (Å²) in [6.45, 7) is 0. The lowest BCUT2D eigenvalue weighted by atomic mass is 9.94. The highest BCUT2D eigenvalue weighted by molar-refractivity contribution is 6.53.